The summed E-state index contributed by atoms with van der Waals surface area (Å²) in [4.78, 5) is 11.4. The third-order valence-electron chi connectivity index (χ3n) is 1.88. The van der Waals surface area contributed by atoms with Crippen LogP contribution in [0.5, 0.6) is 0 Å². The van der Waals surface area contributed by atoms with Crippen molar-refractivity contribution in [2.75, 3.05) is 6.61 Å². The molecule has 0 radical (unpaired) electrons. The Morgan fingerprint density at radius 3 is 2.76 bits per heavy atom. The molecule has 1 N–H and O–H groups in total. The number of nitrogens with one attached hydrogen (secondary N) is 1. The molecule has 0 saturated carbocycles. The first-order valence-corrected chi connectivity index (χ1v) is 5.55. The summed E-state index contributed by atoms with van der Waals surface area (Å²) >= 11 is 0. The molecule has 1 aromatic rings. The fourth-order valence-corrected chi connectivity index (χ4v) is 1.27. The van der Waals surface area contributed by atoms with E-state index in [-0.39, 0.29) is 18.7 Å². The highest BCUT2D eigenvalue weighted by atomic mass is 16.6. The van der Waals surface area contributed by atoms with Crippen molar-refractivity contribution in [3.63, 3.8) is 0 Å². The second kappa shape index (κ2) is 5.77. The molecule has 0 amide bonds. The second-order valence-corrected chi connectivity index (χ2v) is 4.89. The van der Waals surface area contributed by atoms with Crippen LogP contribution in [0.15, 0.2) is 6.20 Å². The first-order valence-electron chi connectivity index (χ1n) is 5.55. The lowest BCUT2D eigenvalue weighted by Crippen LogP contribution is -2.28. The van der Waals surface area contributed by atoms with E-state index in [0.717, 1.165) is 5.69 Å². The van der Waals surface area contributed by atoms with E-state index < -0.39 is 5.60 Å². The Kier molecular flexibility index (Phi) is 4.62. The molecule has 1 aromatic heterocycles. The molecule has 6 nitrogen and oxygen atoms in total. The van der Waals surface area contributed by atoms with Gasteiger partial charge in [0.15, 0.2) is 0 Å². The van der Waals surface area contributed by atoms with Gasteiger partial charge in [0.2, 0.25) is 0 Å². The lowest BCUT2D eigenvalue weighted by atomic mass is 10.2. The zero-order chi connectivity index (χ0) is 12.9. The Hall–Kier alpha value is -1.43. The van der Waals surface area contributed by atoms with Crippen LogP contribution in [0.1, 0.15) is 33.4 Å². The van der Waals surface area contributed by atoms with E-state index in [1.807, 2.05) is 27.7 Å². The van der Waals surface area contributed by atoms with Crippen LogP contribution in [0, 0.1) is 0 Å². The highest BCUT2D eigenvalue weighted by Crippen LogP contribution is 2.08. The molecule has 0 saturated heterocycles. The number of aromatic amines is 1. The third kappa shape index (κ3) is 6.01. The van der Waals surface area contributed by atoms with Gasteiger partial charge in [-0.25, -0.2) is 4.79 Å². The summed E-state index contributed by atoms with van der Waals surface area (Å²) in [5, 5.41) is 10.00. The van der Waals surface area contributed by atoms with Crippen LogP contribution in [0.3, 0.4) is 0 Å². The summed E-state index contributed by atoms with van der Waals surface area (Å²) in [6, 6.07) is 0. The van der Waals surface area contributed by atoms with Crippen molar-refractivity contribution in [3.8, 4) is 0 Å². The summed E-state index contributed by atoms with van der Waals surface area (Å²) < 4.78 is 10.5. The van der Waals surface area contributed by atoms with Crippen LogP contribution >= 0.6 is 0 Å². The lowest BCUT2D eigenvalue weighted by Gasteiger charge is -2.20. The normalized spacial score (nSPS) is 13.4. The van der Waals surface area contributed by atoms with Crippen LogP contribution < -0.4 is 0 Å². The van der Waals surface area contributed by atoms with Crippen molar-refractivity contribution in [3.05, 3.63) is 11.9 Å². The van der Waals surface area contributed by atoms with E-state index in [0.29, 0.717) is 6.42 Å². The van der Waals surface area contributed by atoms with Crippen LogP contribution in [0.25, 0.3) is 0 Å². The number of aromatic nitrogens is 3. The number of hydrogen-bond acceptors (Lipinski definition) is 5. The summed E-state index contributed by atoms with van der Waals surface area (Å²) in [5.74, 6) is -0.355. The molecule has 6 heteroatoms. The van der Waals surface area contributed by atoms with Crippen molar-refractivity contribution in [1.82, 2.24) is 15.4 Å². The fourth-order valence-electron chi connectivity index (χ4n) is 1.27. The van der Waals surface area contributed by atoms with Gasteiger partial charge in [-0.05, 0) is 27.7 Å². The summed E-state index contributed by atoms with van der Waals surface area (Å²) in [7, 11) is 0. The number of H-pyrrole nitrogens is 1. The quantitative estimate of drug-likeness (QED) is 0.781. The fraction of sp³-hybridized carbons (Fsp3) is 0.727. The minimum Gasteiger partial charge on any atom is -0.458 e. The van der Waals surface area contributed by atoms with Gasteiger partial charge < -0.3 is 9.47 Å². The first kappa shape index (κ1) is 13.6. The highest BCUT2D eigenvalue weighted by molar-refractivity contribution is 5.71. The molecule has 0 aliphatic carbocycles. The van der Waals surface area contributed by atoms with Gasteiger partial charge in [0, 0.05) is 6.42 Å². The summed E-state index contributed by atoms with van der Waals surface area (Å²) in [5.41, 5.74) is 0.401. The average Bonchev–Trinajstić information content (AvgIpc) is 2.64. The second-order valence-electron chi connectivity index (χ2n) is 4.89. The predicted molar refractivity (Wildman–Crippen MR) is 61.3 cm³/mol. The average molecular weight is 241 g/mol. The van der Waals surface area contributed by atoms with E-state index >= 15 is 0 Å². The monoisotopic (exact) mass is 241 g/mol. The SMILES string of the molecule is CC(Cc1cnn[nH]1)OCC(=O)OC(C)(C)C. The summed E-state index contributed by atoms with van der Waals surface area (Å²) in [6.45, 7) is 7.31. The minimum absolute atomic E-state index is 0.0417. The number of rotatable bonds is 5. The van der Waals surface area contributed by atoms with Gasteiger partial charge >= 0.3 is 5.97 Å². The highest BCUT2D eigenvalue weighted by Gasteiger charge is 2.17. The van der Waals surface area contributed by atoms with E-state index in [2.05, 4.69) is 15.4 Å². The molecule has 0 bridgehead atoms. The number of hydrogen-bond donors (Lipinski definition) is 1. The van der Waals surface area contributed by atoms with Crippen LogP contribution in [0.4, 0.5) is 0 Å². The molecule has 17 heavy (non-hydrogen) atoms. The maximum absolute atomic E-state index is 11.4. The lowest BCUT2D eigenvalue weighted by molar-refractivity contribution is -0.161. The Bertz CT molecular complexity index is 343. The molecule has 0 aliphatic rings. The van der Waals surface area contributed by atoms with Crippen LogP contribution in [0.2, 0.25) is 0 Å². The van der Waals surface area contributed by atoms with Crippen molar-refractivity contribution < 1.29 is 14.3 Å². The van der Waals surface area contributed by atoms with Gasteiger partial charge in [-0.15, -0.1) is 5.10 Å². The zero-order valence-corrected chi connectivity index (χ0v) is 10.7. The molecule has 1 atom stereocenters. The Morgan fingerprint density at radius 1 is 1.53 bits per heavy atom. The topological polar surface area (TPSA) is 77.1 Å². The molecule has 0 aliphatic heterocycles. The number of carbonyl (C=O) groups is 1. The van der Waals surface area contributed by atoms with Gasteiger partial charge in [0.05, 0.1) is 18.0 Å². The minimum atomic E-state index is -0.475. The van der Waals surface area contributed by atoms with Gasteiger partial charge in [-0.3, -0.25) is 5.10 Å². The Balaban J connectivity index is 2.24. The van der Waals surface area contributed by atoms with Crippen LogP contribution in [-0.2, 0) is 20.7 Å². The third-order valence-corrected chi connectivity index (χ3v) is 1.88. The van der Waals surface area contributed by atoms with Crippen molar-refractivity contribution in [2.24, 2.45) is 0 Å². The molecular formula is C11H19N3O3. The molecule has 1 unspecified atom stereocenters. The standard InChI is InChI=1S/C11H19N3O3/c1-8(5-9-6-12-14-13-9)16-7-10(15)17-11(2,3)4/h6,8H,5,7H2,1-4H3,(H,12,13,14). The molecule has 1 rings (SSSR count). The summed E-state index contributed by atoms with van der Waals surface area (Å²) in [6.07, 6.45) is 2.17. The van der Waals surface area contributed by atoms with E-state index in [1.54, 1.807) is 6.20 Å². The molecule has 1 heterocycles. The number of ether oxygens (including phenoxy) is 2. The number of esters is 1. The van der Waals surface area contributed by atoms with Gasteiger partial charge in [0.25, 0.3) is 0 Å². The number of carbonyl (C=O) groups excluding carboxylic acids is 1. The molecule has 0 spiro atoms. The molecular weight excluding hydrogens is 222 g/mol. The van der Waals surface area contributed by atoms with Crippen molar-refractivity contribution in [2.45, 2.75) is 45.8 Å². The maximum atomic E-state index is 11.4. The largest absolute Gasteiger partial charge is 0.458 e. The number of nitrogens with zero attached hydrogens (tertiary/aromatic N) is 2. The molecule has 96 valence electrons. The van der Waals surface area contributed by atoms with E-state index in [4.69, 9.17) is 9.47 Å². The van der Waals surface area contributed by atoms with Gasteiger partial charge in [-0.2, -0.15) is 0 Å². The van der Waals surface area contributed by atoms with E-state index in [9.17, 15) is 4.79 Å². The molecule has 0 fully saturated rings. The smallest absolute Gasteiger partial charge is 0.332 e. The Morgan fingerprint density at radius 2 is 2.24 bits per heavy atom. The van der Waals surface area contributed by atoms with Crippen LogP contribution in [-0.4, -0.2) is 39.7 Å². The zero-order valence-electron chi connectivity index (χ0n) is 10.7. The first-order chi connectivity index (χ1) is 7.87. The maximum Gasteiger partial charge on any atom is 0.332 e. The van der Waals surface area contributed by atoms with Crippen molar-refractivity contribution in [1.29, 1.82) is 0 Å². The van der Waals surface area contributed by atoms with E-state index in [1.165, 1.54) is 0 Å². The van der Waals surface area contributed by atoms with Gasteiger partial charge in [-0.1, -0.05) is 5.21 Å². The van der Waals surface area contributed by atoms with Gasteiger partial charge in [0.1, 0.15) is 12.2 Å². The Labute approximate surface area is 101 Å². The predicted octanol–water partition coefficient (Wildman–Crippen LogP) is 1.09. The van der Waals surface area contributed by atoms with Crippen molar-refractivity contribution >= 4 is 5.97 Å². The molecule has 0 aromatic carbocycles.